The fourth-order valence-corrected chi connectivity index (χ4v) is 2.05. The molecule has 0 aliphatic carbocycles. The number of rotatable bonds is 5. The van der Waals surface area contributed by atoms with E-state index in [1.165, 1.54) is 19.1 Å². The van der Waals surface area contributed by atoms with E-state index in [1.807, 2.05) is 6.92 Å². The van der Waals surface area contributed by atoms with Crippen LogP contribution in [-0.4, -0.2) is 18.2 Å². The summed E-state index contributed by atoms with van der Waals surface area (Å²) in [5.41, 5.74) is 2.34. The van der Waals surface area contributed by atoms with Gasteiger partial charge >= 0.3 is 0 Å². The highest BCUT2D eigenvalue weighted by Crippen LogP contribution is 2.17. The number of aryl methyl sites for hydroxylation is 1. The van der Waals surface area contributed by atoms with E-state index in [-0.39, 0.29) is 24.1 Å². The van der Waals surface area contributed by atoms with Crippen molar-refractivity contribution in [2.75, 3.05) is 17.2 Å². The zero-order chi connectivity index (χ0) is 16.1. The smallest absolute Gasteiger partial charge is 0.243 e. The van der Waals surface area contributed by atoms with Gasteiger partial charge in [0.1, 0.15) is 5.82 Å². The number of benzene rings is 2. The van der Waals surface area contributed by atoms with E-state index in [4.69, 9.17) is 0 Å². The van der Waals surface area contributed by atoms with Crippen molar-refractivity contribution in [3.63, 3.8) is 0 Å². The van der Waals surface area contributed by atoms with E-state index in [2.05, 4.69) is 10.6 Å². The SMILES string of the molecule is CC(=O)c1ccccc1NC(=O)CNc1cc(F)ccc1C. The standard InChI is InChI=1S/C17H17FN2O2/c1-11-7-8-13(18)9-16(11)19-10-17(22)20-15-6-4-3-5-14(15)12(2)21/h3-9,19H,10H2,1-2H3,(H,20,22). The first kappa shape index (κ1) is 15.7. The van der Waals surface area contributed by atoms with Crippen LogP contribution < -0.4 is 10.6 Å². The lowest BCUT2D eigenvalue weighted by molar-refractivity contribution is -0.114. The van der Waals surface area contributed by atoms with Gasteiger partial charge in [0.25, 0.3) is 0 Å². The molecule has 0 aromatic heterocycles. The molecule has 0 unspecified atom stereocenters. The molecule has 0 bridgehead atoms. The average Bonchev–Trinajstić information content (AvgIpc) is 2.48. The first-order valence-corrected chi connectivity index (χ1v) is 6.87. The molecule has 2 aromatic carbocycles. The summed E-state index contributed by atoms with van der Waals surface area (Å²) in [6.07, 6.45) is 0. The highest BCUT2D eigenvalue weighted by molar-refractivity contribution is 6.04. The maximum atomic E-state index is 13.2. The van der Waals surface area contributed by atoms with Gasteiger partial charge < -0.3 is 10.6 Å². The van der Waals surface area contributed by atoms with Crippen LogP contribution in [0.1, 0.15) is 22.8 Å². The number of halogens is 1. The van der Waals surface area contributed by atoms with Crippen LogP contribution in [0.5, 0.6) is 0 Å². The number of Topliss-reactive ketones (excluding diaryl/α,β-unsaturated/α-hetero) is 1. The van der Waals surface area contributed by atoms with Gasteiger partial charge in [0.2, 0.25) is 5.91 Å². The summed E-state index contributed by atoms with van der Waals surface area (Å²) < 4.78 is 13.2. The average molecular weight is 300 g/mol. The second-order valence-corrected chi connectivity index (χ2v) is 4.96. The van der Waals surface area contributed by atoms with E-state index in [0.29, 0.717) is 16.9 Å². The molecule has 0 saturated carbocycles. The van der Waals surface area contributed by atoms with E-state index in [9.17, 15) is 14.0 Å². The normalized spacial score (nSPS) is 10.1. The minimum Gasteiger partial charge on any atom is -0.376 e. The monoisotopic (exact) mass is 300 g/mol. The summed E-state index contributed by atoms with van der Waals surface area (Å²) in [5, 5.41) is 5.57. The molecule has 0 aliphatic rings. The molecule has 5 heteroatoms. The Labute approximate surface area is 128 Å². The molecule has 0 atom stereocenters. The van der Waals surface area contributed by atoms with Crippen LogP contribution in [-0.2, 0) is 4.79 Å². The summed E-state index contributed by atoms with van der Waals surface area (Å²) >= 11 is 0. The van der Waals surface area contributed by atoms with Crippen molar-refractivity contribution in [2.24, 2.45) is 0 Å². The Bertz CT molecular complexity index is 714. The first-order chi connectivity index (χ1) is 10.5. The maximum absolute atomic E-state index is 13.2. The van der Waals surface area contributed by atoms with Crippen LogP contribution in [0, 0.1) is 12.7 Å². The van der Waals surface area contributed by atoms with Gasteiger partial charge in [-0.05, 0) is 43.7 Å². The van der Waals surface area contributed by atoms with Gasteiger partial charge in [0.05, 0.1) is 12.2 Å². The number of carbonyl (C=O) groups is 2. The quantitative estimate of drug-likeness (QED) is 0.832. The summed E-state index contributed by atoms with van der Waals surface area (Å²) in [6.45, 7) is 3.25. The number of hydrogen-bond donors (Lipinski definition) is 2. The van der Waals surface area contributed by atoms with Gasteiger partial charge in [-0.1, -0.05) is 18.2 Å². The van der Waals surface area contributed by atoms with Crippen molar-refractivity contribution >= 4 is 23.1 Å². The van der Waals surface area contributed by atoms with Crippen molar-refractivity contribution in [2.45, 2.75) is 13.8 Å². The van der Waals surface area contributed by atoms with Gasteiger partial charge in [-0.2, -0.15) is 0 Å². The summed E-state index contributed by atoms with van der Waals surface area (Å²) in [6, 6.07) is 11.1. The molecule has 2 N–H and O–H groups in total. The third-order valence-electron chi connectivity index (χ3n) is 3.22. The zero-order valence-electron chi connectivity index (χ0n) is 12.4. The molecule has 0 spiro atoms. The van der Waals surface area contributed by atoms with Crippen LogP contribution in [0.25, 0.3) is 0 Å². The highest BCUT2D eigenvalue weighted by Gasteiger charge is 2.10. The minimum absolute atomic E-state index is 0.0173. The van der Waals surface area contributed by atoms with Crippen molar-refractivity contribution < 1.29 is 14.0 Å². The van der Waals surface area contributed by atoms with Crippen LogP contribution in [0.15, 0.2) is 42.5 Å². The number of hydrogen-bond acceptors (Lipinski definition) is 3. The van der Waals surface area contributed by atoms with Gasteiger partial charge in [0.15, 0.2) is 5.78 Å². The predicted octanol–water partition coefficient (Wildman–Crippen LogP) is 3.39. The molecule has 0 saturated heterocycles. The summed E-state index contributed by atoms with van der Waals surface area (Å²) in [4.78, 5) is 23.5. The second kappa shape index (κ2) is 6.85. The summed E-state index contributed by atoms with van der Waals surface area (Å²) in [5.74, 6) is -0.794. The third-order valence-corrected chi connectivity index (χ3v) is 3.22. The zero-order valence-corrected chi connectivity index (χ0v) is 12.4. The van der Waals surface area contributed by atoms with Gasteiger partial charge in [-0.25, -0.2) is 4.39 Å². The molecular weight excluding hydrogens is 283 g/mol. The topological polar surface area (TPSA) is 58.2 Å². The molecule has 0 aliphatic heterocycles. The van der Waals surface area contributed by atoms with E-state index < -0.39 is 0 Å². The van der Waals surface area contributed by atoms with E-state index in [0.717, 1.165) is 5.56 Å². The molecule has 1 amide bonds. The molecule has 4 nitrogen and oxygen atoms in total. The fraction of sp³-hybridized carbons (Fsp3) is 0.176. The van der Waals surface area contributed by atoms with E-state index in [1.54, 1.807) is 30.3 Å². The number of anilines is 2. The lowest BCUT2D eigenvalue weighted by atomic mass is 10.1. The second-order valence-electron chi connectivity index (χ2n) is 4.96. The highest BCUT2D eigenvalue weighted by atomic mass is 19.1. The third kappa shape index (κ3) is 3.91. The van der Waals surface area contributed by atoms with Crippen molar-refractivity contribution in [1.29, 1.82) is 0 Å². The number of amides is 1. The Hall–Kier alpha value is -2.69. The Kier molecular flexibility index (Phi) is 4.88. The first-order valence-electron chi connectivity index (χ1n) is 6.87. The lowest BCUT2D eigenvalue weighted by Gasteiger charge is -2.11. The van der Waals surface area contributed by atoms with Gasteiger partial charge in [-0.15, -0.1) is 0 Å². The number of para-hydroxylation sites is 1. The number of nitrogens with one attached hydrogen (secondary N) is 2. The van der Waals surface area contributed by atoms with Gasteiger partial charge in [-0.3, -0.25) is 9.59 Å². The van der Waals surface area contributed by atoms with Crippen molar-refractivity contribution in [3.8, 4) is 0 Å². The van der Waals surface area contributed by atoms with E-state index >= 15 is 0 Å². The number of ketones is 1. The lowest BCUT2D eigenvalue weighted by Crippen LogP contribution is -2.23. The Balaban J connectivity index is 2.02. The predicted molar refractivity (Wildman–Crippen MR) is 84.7 cm³/mol. The molecule has 0 radical (unpaired) electrons. The molecular formula is C17H17FN2O2. The van der Waals surface area contributed by atoms with Crippen LogP contribution in [0.3, 0.4) is 0 Å². The molecule has 22 heavy (non-hydrogen) atoms. The van der Waals surface area contributed by atoms with Crippen LogP contribution >= 0.6 is 0 Å². The molecule has 2 aromatic rings. The molecule has 114 valence electrons. The Morgan fingerprint density at radius 3 is 2.55 bits per heavy atom. The molecule has 2 rings (SSSR count). The maximum Gasteiger partial charge on any atom is 0.243 e. The van der Waals surface area contributed by atoms with Crippen LogP contribution in [0.4, 0.5) is 15.8 Å². The van der Waals surface area contributed by atoms with Crippen molar-refractivity contribution in [1.82, 2.24) is 0 Å². The Morgan fingerprint density at radius 1 is 1.09 bits per heavy atom. The number of carbonyl (C=O) groups excluding carboxylic acids is 2. The fourth-order valence-electron chi connectivity index (χ4n) is 2.05. The molecule has 0 fully saturated rings. The van der Waals surface area contributed by atoms with Crippen molar-refractivity contribution in [3.05, 3.63) is 59.4 Å². The Morgan fingerprint density at radius 2 is 1.82 bits per heavy atom. The molecule has 0 heterocycles. The van der Waals surface area contributed by atoms with Gasteiger partial charge in [0, 0.05) is 11.3 Å². The van der Waals surface area contributed by atoms with Crippen LogP contribution in [0.2, 0.25) is 0 Å². The largest absolute Gasteiger partial charge is 0.376 e. The summed E-state index contributed by atoms with van der Waals surface area (Å²) in [7, 11) is 0. The minimum atomic E-state index is -0.365.